The van der Waals surface area contributed by atoms with E-state index in [0.29, 0.717) is 28.8 Å². The highest BCUT2D eigenvalue weighted by Gasteiger charge is 2.06. The van der Waals surface area contributed by atoms with E-state index in [1.54, 1.807) is 43.7 Å². The van der Waals surface area contributed by atoms with E-state index in [-0.39, 0.29) is 12.5 Å². The highest BCUT2D eigenvalue weighted by molar-refractivity contribution is 6.30. The molecule has 5 nitrogen and oxygen atoms in total. The van der Waals surface area contributed by atoms with Gasteiger partial charge in [0.05, 0.1) is 32.1 Å². The molecule has 0 saturated heterocycles. The monoisotopic (exact) mass is 294 g/mol. The van der Waals surface area contributed by atoms with Crippen LogP contribution >= 0.6 is 11.6 Å². The summed E-state index contributed by atoms with van der Waals surface area (Å²) in [6, 6.07) is 8.75. The Morgan fingerprint density at radius 1 is 1.40 bits per heavy atom. The van der Waals surface area contributed by atoms with Crippen LogP contribution in [0.2, 0.25) is 5.02 Å². The lowest BCUT2D eigenvalue weighted by atomic mass is 10.3. The number of methoxy groups -OCH3 is 1. The molecule has 2 N–H and O–H groups in total. The van der Waals surface area contributed by atoms with Gasteiger partial charge in [0.1, 0.15) is 11.5 Å². The highest BCUT2D eigenvalue weighted by atomic mass is 35.5. The zero-order chi connectivity index (χ0) is 14.4. The minimum Gasteiger partial charge on any atom is -0.495 e. The van der Waals surface area contributed by atoms with Gasteiger partial charge in [-0.15, -0.1) is 0 Å². The first kappa shape index (κ1) is 14.3. The first-order chi connectivity index (χ1) is 9.69. The summed E-state index contributed by atoms with van der Waals surface area (Å²) in [5.74, 6) is 1.19. The van der Waals surface area contributed by atoms with Crippen molar-refractivity contribution in [3.8, 4) is 5.75 Å². The van der Waals surface area contributed by atoms with Crippen molar-refractivity contribution in [1.29, 1.82) is 0 Å². The van der Waals surface area contributed by atoms with Gasteiger partial charge in [0.15, 0.2) is 0 Å². The number of anilines is 1. The van der Waals surface area contributed by atoms with E-state index in [9.17, 15) is 4.79 Å². The molecule has 0 spiro atoms. The predicted molar refractivity (Wildman–Crippen MR) is 77.0 cm³/mol. The number of carbonyl (C=O) groups is 1. The lowest BCUT2D eigenvalue weighted by Crippen LogP contribution is -2.29. The van der Waals surface area contributed by atoms with Crippen LogP contribution in [0.15, 0.2) is 41.0 Å². The molecule has 0 saturated carbocycles. The van der Waals surface area contributed by atoms with Gasteiger partial charge in [0.2, 0.25) is 5.91 Å². The third-order valence-electron chi connectivity index (χ3n) is 2.64. The number of amides is 1. The molecule has 0 aliphatic rings. The van der Waals surface area contributed by atoms with Gasteiger partial charge in [-0.05, 0) is 30.3 Å². The first-order valence-electron chi connectivity index (χ1n) is 6.05. The molecule has 0 aliphatic heterocycles. The largest absolute Gasteiger partial charge is 0.495 e. The number of rotatable bonds is 6. The summed E-state index contributed by atoms with van der Waals surface area (Å²) in [6.07, 6.45) is 1.57. The van der Waals surface area contributed by atoms with E-state index in [4.69, 9.17) is 20.8 Å². The third-order valence-corrected chi connectivity index (χ3v) is 2.88. The van der Waals surface area contributed by atoms with Gasteiger partial charge in [0, 0.05) is 5.02 Å². The standard InChI is InChI=1S/C14H15ClN2O3/c1-19-13-5-4-10(15)7-12(13)16-9-14(18)17-8-11-3-2-6-20-11/h2-7,16H,8-9H2,1H3,(H,17,18). The number of halogens is 1. The summed E-state index contributed by atoms with van der Waals surface area (Å²) >= 11 is 5.91. The van der Waals surface area contributed by atoms with Crippen LogP contribution in [0.4, 0.5) is 5.69 Å². The zero-order valence-corrected chi connectivity index (χ0v) is 11.7. The maximum atomic E-state index is 11.7. The molecule has 2 rings (SSSR count). The second kappa shape index (κ2) is 6.86. The molecule has 106 valence electrons. The van der Waals surface area contributed by atoms with Crippen LogP contribution in [0, 0.1) is 0 Å². The Bertz CT molecular complexity index is 570. The Hall–Kier alpha value is -2.14. The molecule has 1 aromatic heterocycles. The smallest absolute Gasteiger partial charge is 0.239 e. The van der Waals surface area contributed by atoms with Crippen molar-refractivity contribution >= 4 is 23.2 Å². The maximum absolute atomic E-state index is 11.7. The summed E-state index contributed by atoms with van der Waals surface area (Å²) in [7, 11) is 1.56. The Balaban J connectivity index is 1.85. The lowest BCUT2D eigenvalue weighted by molar-refractivity contribution is -0.119. The van der Waals surface area contributed by atoms with Gasteiger partial charge in [0.25, 0.3) is 0 Å². The minimum atomic E-state index is -0.150. The van der Waals surface area contributed by atoms with Gasteiger partial charge in [-0.25, -0.2) is 0 Å². The molecular weight excluding hydrogens is 280 g/mol. The summed E-state index contributed by atoms with van der Waals surface area (Å²) in [6.45, 7) is 0.484. The van der Waals surface area contributed by atoms with E-state index in [1.807, 2.05) is 0 Å². The number of benzene rings is 1. The van der Waals surface area contributed by atoms with Crippen molar-refractivity contribution in [2.45, 2.75) is 6.54 Å². The molecule has 1 aromatic carbocycles. The number of furan rings is 1. The van der Waals surface area contributed by atoms with Crippen LogP contribution < -0.4 is 15.4 Å². The molecule has 20 heavy (non-hydrogen) atoms. The van der Waals surface area contributed by atoms with E-state index < -0.39 is 0 Å². The molecule has 0 aliphatic carbocycles. The van der Waals surface area contributed by atoms with Gasteiger partial charge >= 0.3 is 0 Å². The second-order valence-electron chi connectivity index (χ2n) is 4.05. The lowest BCUT2D eigenvalue weighted by Gasteiger charge is -2.11. The summed E-state index contributed by atoms with van der Waals surface area (Å²) in [5, 5.41) is 6.29. The average Bonchev–Trinajstić information content (AvgIpc) is 2.96. The molecule has 1 heterocycles. The number of carbonyl (C=O) groups excluding carboxylic acids is 1. The van der Waals surface area contributed by atoms with Crippen LogP contribution in [0.5, 0.6) is 5.75 Å². The molecule has 6 heteroatoms. The van der Waals surface area contributed by atoms with Crippen molar-refractivity contribution in [2.75, 3.05) is 19.0 Å². The van der Waals surface area contributed by atoms with Gasteiger partial charge in [-0.3, -0.25) is 4.79 Å². The first-order valence-corrected chi connectivity index (χ1v) is 6.43. The fourth-order valence-electron chi connectivity index (χ4n) is 1.66. The van der Waals surface area contributed by atoms with Crippen LogP contribution in [-0.2, 0) is 11.3 Å². The molecule has 0 unspecified atom stereocenters. The molecule has 0 bridgehead atoms. The SMILES string of the molecule is COc1ccc(Cl)cc1NCC(=O)NCc1ccco1. The summed E-state index contributed by atoms with van der Waals surface area (Å²) in [5.41, 5.74) is 0.674. The number of ether oxygens (including phenoxy) is 1. The van der Waals surface area contributed by atoms with Crippen molar-refractivity contribution in [3.63, 3.8) is 0 Å². The zero-order valence-electron chi connectivity index (χ0n) is 11.0. The number of hydrogen-bond donors (Lipinski definition) is 2. The minimum absolute atomic E-state index is 0.122. The Kier molecular flexibility index (Phi) is 4.90. The molecule has 0 radical (unpaired) electrons. The average molecular weight is 295 g/mol. The van der Waals surface area contributed by atoms with Crippen molar-refractivity contribution in [1.82, 2.24) is 5.32 Å². The quantitative estimate of drug-likeness (QED) is 0.860. The normalized spacial score (nSPS) is 10.1. The Labute approximate surface area is 121 Å². The van der Waals surface area contributed by atoms with Crippen molar-refractivity contribution in [3.05, 3.63) is 47.4 Å². The second-order valence-corrected chi connectivity index (χ2v) is 4.49. The highest BCUT2D eigenvalue weighted by Crippen LogP contribution is 2.27. The van der Waals surface area contributed by atoms with E-state index in [1.165, 1.54) is 0 Å². The number of hydrogen-bond acceptors (Lipinski definition) is 4. The Morgan fingerprint density at radius 2 is 2.25 bits per heavy atom. The Morgan fingerprint density at radius 3 is 2.95 bits per heavy atom. The van der Waals surface area contributed by atoms with Gasteiger partial charge in [-0.2, -0.15) is 0 Å². The molecule has 0 fully saturated rings. The maximum Gasteiger partial charge on any atom is 0.239 e. The summed E-state index contributed by atoms with van der Waals surface area (Å²) in [4.78, 5) is 11.7. The molecule has 1 amide bonds. The van der Waals surface area contributed by atoms with Crippen molar-refractivity contribution in [2.24, 2.45) is 0 Å². The van der Waals surface area contributed by atoms with Crippen LogP contribution in [0.3, 0.4) is 0 Å². The van der Waals surface area contributed by atoms with Crippen LogP contribution in [0.25, 0.3) is 0 Å². The van der Waals surface area contributed by atoms with E-state index in [0.717, 1.165) is 0 Å². The molecule has 0 atom stereocenters. The van der Waals surface area contributed by atoms with Gasteiger partial charge < -0.3 is 19.8 Å². The third kappa shape index (κ3) is 3.93. The van der Waals surface area contributed by atoms with E-state index >= 15 is 0 Å². The fraction of sp³-hybridized carbons (Fsp3) is 0.214. The van der Waals surface area contributed by atoms with E-state index in [2.05, 4.69) is 10.6 Å². The molecule has 2 aromatic rings. The van der Waals surface area contributed by atoms with Crippen LogP contribution in [0.1, 0.15) is 5.76 Å². The summed E-state index contributed by atoms with van der Waals surface area (Å²) < 4.78 is 10.3. The van der Waals surface area contributed by atoms with Gasteiger partial charge in [-0.1, -0.05) is 11.6 Å². The van der Waals surface area contributed by atoms with Crippen molar-refractivity contribution < 1.29 is 13.9 Å². The van der Waals surface area contributed by atoms with Crippen LogP contribution in [-0.4, -0.2) is 19.6 Å². The number of nitrogens with one attached hydrogen (secondary N) is 2. The molecular formula is C14H15ClN2O3. The predicted octanol–water partition coefficient (Wildman–Crippen LogP) is 2.67. The fourth-order valence-corrected chi connectivity index (χ4v) is 1.83. The topological polar surface area (TPSA) is 63.5 Å².